The van der Waals surface area contributed by atoms with Crippen molar-refractivity contribution in [2.24, 2.45) is 5.92 Å². The van der Waals surface area contributed by atoms with E-state index in [0.29, 0.717) is 16.1 Å². The highest BCUT2D eigenvalue weighted by Crippen LogP contribution is 2.26. The molecule has 1 fully saturated rings. The van der Waals surface area contributed by atoms with Crippen LogP contribution in [-0.2, 0) is 6.54 Å². The third-order valence-corrected chi connectivity index (χ3v) is 4.59. The third kappa shape index (κ3) is 4.98. The molecule has 3 heteroatoms. The molecule has 0 aromatic heterocycles. The molecule has 0 heterocycles. The highest BCUT2D eigenvalue weighted by molar-refractivity contribution is 6.34. The lowest BCUT2D eigenvalue weighted by Gasteiger charge is -2.23. The largest absolute Gasteiger partial charge is 0.310 e. The first-order valence-electron chi connectivity index (χ1n) is 7.33. The molecule has 1 nitrogen and oxygen atoms in total. The van der Waals surface area contributed by atoms with Crippen LogP contribution in [-0.4, -0.2) is 6.04 Å². The van der Waals surface area contributed by atoms with Crippen molar-refractivity contribution in [2.45, 2.75) is 58.0 Å². The van der Waals surface area contributed by atoms with Crippen molar-refractivity contribution in [1.82, 2.24) is 5.32 Å². The summed E-state index contributed by atoms with van der Waals surface area (Å²) >= 11 is 12.0. The van der Waals surface area contributed by atoms with Gasteiger partial charge in [-0.15, -0.1) is 0 Å². The van der Waals surface area contributed by atoms with E-state index in [2.05, 4.69) is 12.2 Å². The van der Waals surface area contributed by atoms with Gasteiger partial charge in [0.2, 0.25) is 0 Å². The molecule has 0 radical (unpaired) electrons. The monoisotopic (exact) mass is 299 g/mol. The Labute approximate surface area is 126 Å². The normalized spacial score (nSPS) is 19.1. The molecule has 1 aliphatic carbocycles. The summed E-state index contributed by atoms with van der Waals surface area (Å²) in [4.78, 5) is 0. The van der Waals surface area contributed by atoms with Crippen LogP contribution in [0.15, 0.2) is 18.2 Å². The third-order valence-electron chi connectivity index (χ3n) is 4.16. The second-order valence-corrected chi connectivity index (χ2v) is 6.57. The summed E-state index contributed by atoms with van der Waals surface area (Å²) in [5.74, 6) is 0.817. The molecule has 0 spiro atoms. The smallest absolute Gasteiger partial charge is 0.0424 e. The van der Waals surface area contributed by atoms with Crippen LogP contribution < -0.4 is 5.32 Å². The number of halogens is 2. The van der Waals surface area contributed by atoms with Gasteiger partial charge in [0.25, 0.3) is 0 Å². The van der Waals surface area contributed by atoms with E-state index in [0.717, 1.165) is 18.0 Å². The summed E-state index contributed by atoms with van der Waals surface area (Å²) in [5.41, 5.74) is 1.16. The molecule has 1 N–H and O–H groups in total. The van der Waals surface area contributed by atoms with Crippen LogP contribution in [0, 0.1) is 5.92 Å². The average Bonchev–Trinajstić information content (AvgIpc) is 2.63. The fourth-order valence-corrected chi connectivity index (χ4v) is 3.54. The zero-order chi connectivity index (χ0) is 13.7. The molecule has 1 aromatic rings. The molecular weight excluding hydrogens is 277 g/mol. The summed E-state index contributed by atoms with van der Waals surface area (Å²) in [6.07, 6.45) is 8.33. The average molecular weight is 300 g/mol. The van der Waals surface area contributed by atoms with Crippen molar-refractivity contribution in [3.63, 3.8) is 0 Å². The molecule has 2 rings (SSSR count). The molecule has 1 aromatic carbocycles. The fourth-order valence-electron chi connectivity index (χ4n) is 2.97. The number of nitrogens with one attached hydrogen (secondary N) is 1. The van der Waals surface area contributed by atoms with Crippen LogP contribution in [0.25, 0.3) is 0 Å². The fraction of sp³-hybridized carbons (Fsp3) is 0.625. The summed E-state index contributed by atoms with van der Waals surface area (Å²) in [6.45, 7) is 3.15. The summed E-state index contributed by atoms with van der Waals surface area (Å²) in [5, 5.41) is 5.06. The van der Waals surface area contributed by atoms with E-state index < -0.39 is 0 Å². The number of benzene rings is 1. The zero-order valence-electron chi connectivity index (χ0n) is 11.6. The van der Waals surface area contributed by atoms with Crippen LogP contribution in [0.3, 0.4) is 0 Å². The first kappa shape index (κ1) is 15.2. The molecular formula is C16H23Cl2N. The predicted molar refractivity (Wildman–Crippen MR) is 84.0 cm³/mol. The lowest BCUT2D eigenvalue weighted by Crippen LogP contribution is -2.32. The SMILES string of the molecule is C[C@@H](NCc1cc(Cl)cc(Cl)c1)C1CCCCCC1. The summed E-state index contributed by atoms with van der Waals surface area (Å²) in [7, 11) is 0. The molecule has 106 valence electrons. The van der Waals surface area contributed by atoms with Gasteiger partial charge >= 0.3 is 0 Å². The van der Waals surface area contributed by atoms with Crippen molar-refractivity contribution in [2.75, 3.05) is 0 Å². The second-order valence-electron chi connectivity index (χ2n) is 5.70. The second kappa shape index (κ2) is 7.52. The molecule has 0 aliphatic heterocycles. The summed E-state index contributed by atoms with van der Waals surface area (Å²) in [6, 6.07) is 6.32. The standard InChI is InChI=1S/C16H23Cl2N/c1-12(14-6-4-2-3-5-7-14)19-11-13-8-15(17)10-16(18)9-13/h8-10,12,14,19H,2-7,11H2,1H3/t12-/m1/s1. The number of rotatable bonds is 4. The molecule has 1 saturated carbocycles. The van der Waals surface area contributed by atoms with E-state index in [9.17, 15) is 0 Å². The van der Waals surface area contributed by atoms with Gasteiger partial charge in [0, 0.05) is 22.6 Å². The van der Waals surface area contributed by atoms with Gasteiger partial charge in [-0.25, -0.2) is 0 Å². The Morgan fingerprint density at radius 1 is 1.05 bits per heavy atom. The van der Waals surface area contributed by atoms with E-state index in [-0.39, 0.29) is 0 Å². The Bertz CT molecular complexity index is 377. The maximum Gasteiger partial charge on any atom is 0.0424 e. The van der Waals surface area contributed by atoms with Crippen molar-refractivity contribution in [3.05, 3.63) is 33.8 Å². The lowest BCUT2D eigenvalue weighted by atomic mass is 9.93. The molecule has 0 bridgehead atoms. The predicted octanol–water partition coefficient (Wildman–Crippen LogP) is 5.44. The highest BCUT2D eigenvalue weighted by Gasteiger charge is 2.18. The molecule has 1 atom stereocenters. The first-order valence-corrected chi connectivity index (χ1v) is 8.09. The van der Waals surface area contributed by atoms with E-state index >= 15 is 0 Å². The Kier molecular flexibility index (Phi) is 6.00. The first-order chi connectivity index (χ1) is 9.15. The van der Waals surface area contributed by atoms with Crippen molar-refractivity contribution >= 4 is 23.2 Å². The van der Waals surface area contributed by atoms with Crippen molar-refractivity contribution in [1.29, 1.82) is 0 Å². The Balaban J connectivity index is 1.86. The molecule has 0 amide bonds. The van der Waals surface area contributed by atoms with Crippen LogP contribution in [0.5, 0.6) is 0 Å². The van der Waals surface area contributed by atoms with Gasteiger partial charge in [0.05, 0.1) is 0 Å². The minimum Gasteiger partial charge on any atom is -0.310 e. The minimum absolute atomic E-state index is 0.566. The minimum atomic E-state index is 0.566. The van der Waals surface area contributed by atoms with E-state index in [1.54, 1.807) is 6.07 Å². The van der Waals surface area contributed by atoms with E-state index in [1.807, 2.05) is 12.1 Å². The van der Waals surface area contributed by atoms with Gasteiger partial charge in [-0.2, -0.15) is 0 Å². The van der Waals surface area contributed by atoms with E-state index in [1.165, 1.54) is 38.5 Å². The van der Waals surface area contributed by atoms with Gasteiger partial charge in [0.1, 0.15) is 0 Å². The Hall–Kier alpha value is -0.240. The van der Waals surface area contributed by atoms with Crippen LogP contribution in [0.2, 0.25) is 10.0 Å². The Morgan fingerprint density at radius 3 is 2.21 bits per heavy atom. The zero-order valence-corrected chi connectivity index (χ0v) is 13.1. The van der Waals surface area contributed by atoms with Gasteiger partial charge in [-0.1, -0.05) is 48.9 Å². The maximum absolute atomic E-state index is 6.02. The van der Waals surface area contributed by atoms with Gasteiger partial charge in [-0.05, 0) is 49.4 Å². The molecule has 1 aliphatic rings. The quantitative estimate of drug-likeness (QED) is 0.730. The summed E-state index contributed by atoms with van der Waals surface area (Å²) < 4.78 is 0. The number of hydrogen-bond donors (Lipinski definition) is 1. The molecule has 19 heavy (non-hydrogen) atoms. The van der Waals surface area contributed by atoms with Crippen molar-refractivity contribution in [3.8, 4) is 0 Å². The molecule has 0 unspecified atom stereocenters. The van der Waals surface area contributed by atoms with E-state index in [4.69, 9.17) is 23.2 Å². The van der Waals surface area contributed by atoms with Crippen LogP contribution >= 0.6 is 23.2 Å². The van der Waals surface area contributed by atoms with Gasteiger partial charge < -0.3 is 5.32 Å². The van der Waals surface area contributed by atoms with Crippen LogP contribution in [0.1, 0.15) is 51.0 Å². The number of hydrogen-bond acceptors (Lipinski definition) is 1. The topological polar surface area (TPSA) is 12.0 Å². The maximum atomic E-state index is 6.02. The Morgan fingerprint density at radius 2 is 1.63 bits per heavy atom. The lowest BCUT2D eigenvalue weighted by molar-refractivity contribution is 0.336. The highest BCUT2D eigenvalue weighted by atomic mass is 35.5. The van der Waals surface area contributed by atoms with Gasteiger partial charge in [0.15, 0.2) is 0 Å². The van der Waals surface area contributed by atoms with Crippen LogP contribution in [0.4, 0.5) is 0 Å². The van der Waals surface area contributed by atoms with Gasteiger partial charge in [-0.3, -0.25) is 0 Å². The van der Waals surface area contributed by atoms with Crippen molar-refractivity contribution < 1.29 is 0 Å². The molecule has 0 saturated heterocycles.